The zero-order valence-corrected chi connectivity index (χ0v) is 7.14. The van der Waals surface area contributed by atoms with Gasteiger partial charge in [0.2, 0.25) is 0 Å². The first-order chi connectivity index (χ1) is 6.29. The summed E-state index contributed by atoms with van der Waals surface area (Å²) in [4.78, 5) is 4.25. The molecule has 0 aliphatic carbocycles. The van der Waals surface area contributed by atoms with Gasteiger partial charge < -0.3 is 14.1 Å². The van der Waals surface area contributed by atoms with Crippen molar-refractivity contribution in [2.75, 3.05) is 0 Å². The largest absolute Gasteiger partial charge is 0.569 e. The first-order valence-electron chi connectivity index (χ1n) is 3.87. The van der Waals surface area contributed by atoms with Crippen molar-refractivity contribution in [1.29, 1.82) is 0 Å². The average molecular weight is 175 g/mol. The SMILES string of the molecule is Cc1cn2cc(O[B]O)ccc2n1. The predicted octanol–water partition coefficient (Wildman–Crippen LogP) is 0.548. The number of imidazole rings is 1. The van der Waals surface area contributed by atoms with Crippen molar-refractivity contribution < 1.29 is 9.68 Å². The Morgan fingerprint density at radius 2 is 2.31 bits per heavy atom. The number of rotatable bonds is 2. The van der Waals surface area contributed by atoms with Gasteiger partial charge in [-0.3, -0.25) is 0 Å². The van der Waals surface area contributed by atoms with Crippen LogP contribution in [0.1, 0.15) is 5.69 Å². The summed E-state index contributed by atoms with van der Waals surface area (Å²) in [6.45, 7) is 1.92. The first kappa shape index (κ1) is 8.13. The Bertz CT molecular complexity index is 427. The quantitative estimate of drug-likeness (QED) is 0.677. The number of fused-ring (bicyclic) bond motifs is 1. The number of hydrogen-bond acceptors (Lipinski definition) is 3. The number of hydrogen-bond donors (Lipinski definition) is 1. The molecule has 2 rings (SSSR count). The summed E-state index contributed by atoms with van der Waals surface area (Å²) in [7, 11) is 0.658. The van der Waals surface area contributed by atoms with Crippen LogP contribution in [0.3, 0.4) is 0 Å². The van der Waals surface area contributed by atoms with E-state index in [0.717, 1.165) is 11.3 Å². The summed E-state index contributed by atoms with van der Waals surface area (Å²) in [5, 5.41) is 8.42. The lowest BCUT2D eigenvalue weighted by Gasteiger charge is -2.00. The van der Waals surface area contributed by atoms with Gasteiger partial charge in [0.1, 0.15) is 11.4 Å². The molecule has 0 saturated carbocycles. The molecule has 5 heteroatoms. The molecule has 2 aromatic heterocycles. The Morgan fingerprint density at radius 1 is 1.46 bits per heavy atom. The fraction of sp³-hybridized carbons (Fsp3) is 0.125. The van der Waals surface area contributed by atoms with Crippen molar-refractivity contribution in [3.63, 3.8) is 0 Å². The summed E-state index contributed by atoms with van der Waals surface area (Å²) >= 11 is 0. The van der Waals surface area contributed by atoms with Gasteiger partial charge in [0.05, 0.1) is 11.9 Å². The maximum absolute atomic E-state index is 8.42. The molecule has 0 saturated heterocycles. The number of pyridine rings is 1. The van der Waals surface area contributed by atoms with Crippen LogP contribution in [0.2, 0.25) is 0 Å². The highest BCUT2D eigenvalue weighted by Gasteiger charge is 1.99. The second kappa shape index (κ2) is 3.10. The van der Waals surface area contributed by atoms with Gasteiger partial charge in [0, 0.05) is 6.20 Å². The third-order valence-electron chi connectivity index (χ3n) is 1.73. The third kappa shape index (κ3) is 1.50. The summed E-state index contributed by atoms with van der Waals surface area (Å²) in [6.07, 6.45) is 3.64. The van der Waals surface area contributed by atoms with Crippen LogP contribution in [0.5, 0.6) is 5.75 Å². The minimum absolute atomic E-state index is 0.576. The Morgan fingerprint density at radius 3 is 3.08 bits per heavy atom. The van der Waals surface area contributed by atoms with E-state index in [9.17, 15) is 0 Å². The van der Waals surface area contributed by atoms with E-state index in [1.54, 1.807) is 12.3 Å². The molecular weight excluding hydrogens is 167 g/mol. The topological polar surface area (TPSA) is 46.8 Å². The molecule has 2 heterocycles. The second-order valence-electron chi connectivity index (χ2n) is 2.74. The molecule has 0 unspecified atom stereocenters. The van der Waals surface area contributed by atoms with E-state index in [4.69, 9.17) is 9.68 Å². The molecule has 0 aromatic carbocycles. The van der Waals surface area contributed by atoms with Crippen LogP contribution in [-0.2, 0) is 0 Å². The van der Waals surface area contributed by atoms with Gasteiger partial charge in [-0.25, -0.2) is 4.98 Å². The van der Waals surface area contributed by atoms with Gasteiger partial charge in [-0.05, 0) is 19.1 Å². The Balaban J connectivity index is 2.48. The molecular formula is C8H8BN2O2. The lowest BCUT2D eigenvalue weighted by molar-refractivity contribution is 0.452. The molecule has 1 N–H and O–H groups in total. The van der Waals surface area contributed by atoms with Crippen LogP contribution in [0.4, 0.5) is 0 Å². The zero-order valence-electron chi connectivity index (χ0n) is 7.14. The lowest BCUT2D eigenvalue weighted by atomic mass is 10.4. The maximum Gasteiger partial charge on any atom is 0.569 e. The van der Waals surface area contributed by atoms with Crippen LogP contribution < -0.4 is 4.65 Å². The van der Waals surface area contributed by atoms with Crippen LogP contribution >= 0.6 is 0 Å². The highest BCUT2D eigenvalue weighted by atomic mass is 16.5. The average Bonchev–Trinajstić information content (AvgIpc) is 2.44. The van der Waals surface area contributed by atoms with Crippen molar-refractivity contribution >= 4 is 13.3 Å². The molecule has 1 radical (unpaired) electrons. The molecule has 0 bridgehead atoms. The van der Waals surface area contributed by atoms with E-state index in [1.165, 1.54) is 0 Å². The van der Waals surface area contributed by atoms with Crippen LogP contribution in [0.15, 0.2) is 24.5 Å². The second-order valence-corrected chi connectivity index (χ2v) is 2.74. The minimum Gasteiger partial charge on any atom is -0.536 e. The van der Waals surface area contributed by atoms with Gasteiger partial charge in [-0.1, -0.05) is 0 Å². The molecule has 0 atom stereocenters. The van der Waals surface area contributed by atoms with Crippen molar-refractivity contribution in [2.45, 2.75) is 6.92 Å². The number of nitrogens with zero attached hydrogens (tertiary/aromatic N) is 2. The molecule has 0 spiro atoms. The van der Waals surface area contributed by atoms with Gasteiger partial charge in [-0.2, -0.15) is 0 Å². The fourth-order valence-electron chi connectivity index (χ4n) is 1.23. The monoisotopic (exact) mass is 175 g/mol. The van der Waals surface area contributed by atoms with E-state index in [1.807, 2.05) is 23.6 Å². The summed E-state index contributed by atoms with van der Waals surface area (Å²) in [5.74, 6) is 0.576. The molecule has 0 amide bonds. The lowest BCUT2D eigenvalue weighted by Crippen LogP contribution is -2.00. The summed E-state index contributed by atoms with van der Waals surface area (Å²) in [6, 6.07) is 3.57. The normalized spacial score (nSPS) is 10.3. The van der Waals surface area contributed by atoms with Gasteiger partial charge in [0.25, 0.3) is 0 Å². The Hall–Kier alpha value is -1.49. The minimum atomic E-state index is 0.576. The molecule has 4 nitrogen and oxygen atoms in total. The van der Waals surface area contributed by atoms with Crippen molar-refractivity contribution in [3.05, 3.63) is 30.2 Å². The number of aryl methyl sites for hydroxylation is 1. The maximum atomic E-state index is 8.42. The first-order valence-corrected chi connectivity index (χ1v) is 3.87. The van der Waals surface area contributed by atoms with E-state index >= 15 is 0 Å². The van der Waals surface area contributed by atoms with Crippen LogP contribution in [-0.4, -0.2) is 22.1 Å². The van der Waals surface area contributed by atoms with E-state index in [0.29, 0.717) is 13.4 Å². The molecule has 0 fully saturated rings. The van der Waals surface area contributed by atoms with Gasteiger partial charge >= 0.3 is 7.69 Å². The van der Waals surface area contributed by atoms with E-state index < -0.39 is 0 Å². The highest BCUT2D eigenvalue weighted by molar-refractivity contribution is 6.17. The molecule has 0 aliphatic heterocycles. The Labute approximate surface area is 76.1 Å². The van der Waals surface area contributed by atoms with Crippen LogP contribution in [0.25, 0.3) is 5.65 Å². The van der Waals surface area contributed by atoms with Gasteiger partial charge in [0.15, 0.2) is 0 Å². The molecule has 0 aliphatic rings. The Kier molecular flexibility index (Phi) is 1.94. The molecule has 2 aromatic rings. The number of aromatic nitrogens is 2. The molecule has 65 valence electrons. The smallest absolute Gasteiger partial charge is 0.536 e. The van der Waals surface area contributed by atoms with Crippen molar-refractivity contribution in [3.8, 4) is 5.75 Å². The standard InChI is InChI=1S/C8H8BN2O2/c1-6-4-11-5-7(13-9-12)2-3-8(11)10-6/h2-5,12H,1H3. The fourth-order valence-corrected chi connectivity index (χ4v) is 1.23. The van der Waals surface area contributed by atoms with E-state index in [2.05, 4.69) is 4.98 Å². The van der Waals surface area contributed by atoms with Crippen molar-refractivity contribution in [1.82, 2.24) is 9.38 Å². The van der Waals surface area contributed by atoms with Gasteiger partial charge in [-0.15, -0.1) is 0 Å². The highest BCUT2D eigenvalue weighted by Crippen LogP contribution is 2.12. The zero-order chi connectivity index (χ0) is 9.26. The van der Waals surface area contributed by atoms with Crippen LogP contribution in [0, 0.1) is 6.92 Å². The predicted molar refractivity (Wildman–Crippen MR) is 48.5 cm³/mol. The summed E-state index contributed by atoms with van der Waals surface area (Å²) in [5.41, 5.74) is 1.81. The van der Waals surface area contributed by atoms with Crippen molar-refractivity contribution in [2.24, 2.45) is 0 Å². The third-order valence-corrected chi connectivity index (χ3v) is 1.73. The summed E-state index contributed by atoms with van der Waals surface area (Å²) < 4.78 is 6.65. The van der Waals surface area contributed by atoms with E-state index in [-0.39, 0.29) is 0 Å². The molecule has 13 heavy (non-hydrogen) atoms.